The molecule has 0 spiro atoms. The number of nitrogens with one attached hydrogen (secondary N) is 1. The number of hydrogen-bond donors (Lipinski definition) is 2. The highest BCUT2D eigenvalue weighted by molar-refractivity contribution is 5.49. The fourth-order valence-electron chi connectivity index (χ4n) is 2.71. The van der Waals surface area contributed by atoms with Crippen molar-refractivity contribution >= 4 is 5.69 Å². The normalized spacial score (nSPS) is 12.1. The van der Waals surface area contributed by atoms with Gasteiger partial charge in [-0.1, -0.05) is 53.7 Å². The van der Waals surface area contributed by atoms with Gasteiger partial charge in [0.25, 0.3) is 0 Å². The Hall–Kier alpha value is -2.00. The highest BCUT2D eigenvalue weighted by Crippen LogP contribution is 2.40. The molecule has 0 saturated carbocycles. The predicted octanol–water partition coefficient (Wildman–Crippen LogP) is 6.14. The number of benzene rings is 2. The van der Waals surface area contributed by atoms with Crippen LogP contribution in [0.25, 0.3) is 0 Å². The molecule has 0 aliphatic heterocycles. The second-order valence-corrected chi connectivity index (χ2v) is 7.96. The van der Waals surface area contributed by atoms with Crippen molar-refractivity contribution in [3.63, 3.8) is 0 Å². The monoisotopic (exact) mass is 340 g/mol. The Bertz CT molecular complexity index is 702. The Balaban J connectivity index is 2.45. The summed E-state index contributed by atoms with van der Waals surface area (Å²) < 4.78 is 6.23. The van der Waals surface area contributed by atoms with Crippen LogP contribution in [-0.4, -0.2) is 0 Å². The molecule has 0 aliphatic rings. The summed E-state index contributed by atoms with van der Waals surface area (Å²) in [7, 11) is 0. The maximum Gasteiger partial charge on any atom is 0.131 e. The van der Waals surface area contributed by atoms with Gasteiger partial charge in [0, 0.05) is 11.3 Å². The molecule has 0 amide bonds. The van der Waals surface area contributed by atoms with E-state index in [9.17, 15) is 0 Å². The molecule has 2 aromatic carbocycles. The highest BCUT2D eigenvalue weighted by Gasteiger charge is 2.26. The lowest BCUT2D eigenvalue weighted by molar-refractivity contribution is 0.432. The highest BCUT2D eigenvalue weighted by atomic mass is 16.5. The molecule has 3 N–H and O–H groups in total. The lowest BCUT2D eigenvalue weighted by atomic mass is 9.76. The maximum atomic E-state index is 6.23. The lowest BCUT2D eigenvalue weighted by Crippen LogP contribution is -2.20. The lowest BCUT2D eigenvalue weighted by Gasteiger charge is -2.30. The summed E-state index contributed by atoms with van der Waals surface area (Å²) in [4.78, 5) is 0. The van der Waals surface area contributed by atoms with Gasteiger partial charge in [-0.15, -0.1) is 0 Å². The van der Waals surface area contributed by atoms with Gasteiger partial charge < -0.3 is 10.2 Å². The van der Waals surface area contributed by atoms with Crippen molar-refractivity contribution in [2.45, 2.75) is 65.2 Å². The largest absolute Gasteiger partial charge is 0.457 e. The molecule has 0 atom stereocenters. The van der Waals surface area contributed by atoms with E-state index in [4.69, 9.17) is 10.6 Å². The van der Waals surface area contributed by atoms with Gasteiger partial charge in [0.1, 0.15) is 11.5 Å². The van der Waals surface area contributed by atoms with Gasteiger partial charge in [-0.05, 0) is 59.6 Å². The van der Waals surface area contributed by atoms with Gasteiger partial charge in [0.2, 0.25) is 0 Å². The number of anilines is 1. The van der Waals surface area contributed by atoms with Crippen LogP contribution >= 0.6 is 0 Å². The average molecular weight is 341 g/mol. The van der Waals surface area contributed by atoms with Gasteiger partial charge >= 0.3 is 0 Å². The minimum absolute atomic E-state index is 0.0495. The molecule has 2 rings (SSSR count). The summed E-state index contributed by atoms with van der Waals surface area (Å²) >= 11 is 0. The molecule has 0 bridgehead atoms. The van der Waals surface area contributed by atoms with E-state index in [-0.39, 0.29) is 10.8 Å². The van der Waals surface area contributed by atoms with Gasteiger partial charge in [-0.2, -0.15) is 0 Å². The molecular formula is C22H32N2O. The first-order valence-corrected chi connectivity index (χ1v) is 9.13. The van der Waals surface area contributed by atoms with Crippen LogP contribution in [0, 0.1) is 0 Å². The van der Waals surface area contributed by atoms with Crippen LogP contribution in [-0.2, 0) is 10.8 Å². The van der Waals surface area contributed by atoms with E-state index in [1.54, 1.807) is 0 Å². The van der Waals surface area contributed by atoms with Crippen LogP contribution in [0.15, 0.2) is 42.5 Å². The third-order valence-electron chi connectivity index (χ3n) is 5.51. The first-order chi connectivity index (χ1) is 11.7. The topological polar surface area (TPSA) is 47.3 Å². The first kappa shape index (κ1) is 19.3. The summed E-state index contributed by atoms with van der Waals surface area (Å²) in [6, 6.07) is 14.3. The summed E-state index contributed by atoms with van der Waals surface area (Å²) in [5.74, 6) is 7.17. The number of nitrogen functional groups attached to an aromatic ring is 1. The smallest absolute Gasteiger partial charge is 0.131 e. The second-order valence-electron chi connectivity index (χ2n) is 7.96. The Morgan fingerprint density at radius 2 is 1.48 bits per heavy atom. The Morgan fingerprint density at radius 1 is 0.880 bits per heavy atom. The van der Waals surface area contributed by atoms with Crippen molar-refractivity contribution in [1.29, 1.82) is 0 Å². The standard InChI is InChI=1S/C22H32N2O/c1-7-21(3,4)16-9-14-20(19(15-16)22(5,6)8-2)25-18-12-10-17(24-23)11-13-18/h9-15,24H,7-8,23H2,1-6H3. The van der Waals surface area contributed by atoms with E-state index in [0.29, 0.717) is 0 Å². The summed E-state index contributed by atoms with van der Waals surface area (Å²) in [6.45, 7) is 13.6. The number of nitrogens with two attached hydrogens (primary N) is 1. The molecule has 0 unspecified atom stereocenters. The molecule has 0 fully saturated rings. The van der Waals surface area contributed by atoms with E-state index in [1.807, 2.05) is 24.3 Å². The number of rotatable bonds is 7. The predicted molar refractivity (Wildman–Crippen MR) is 107 cm³/mol. The van der Waals surface area contributed by atoms with E-state index in [2.05, 4.69) is 65.2 Å². The minimum Gasteiger partial charge on any atom is -0.457 e. The molecule has 0 aromatic heterocycles. The Morgan fingerprint density at radius 3 is 2.00 bits per heavy atom. The summed E-state index contributed by atoms with van der Waals surface area (Å²) in [6.07, 6.45) is 2.15. The number of hydrogen-bond acceptors (Lipinski definition) is 3. The molecule has 3 heteroatoms. The minimum atomic E-state index is 0.0495. The SMILES string of the molecule is CCC(C)(C)c1ccc(Oc2ccc(NN)cc2)c(C(C)(C)CC)c1. The fourth-order valence-corrected chi connectivity index (χ4v) is 2.71. The van der Waals surface area contributed by atoms with Crippen molar-refractivity contribution in [2.75, 3.05) is 5.43 Å². The fraction of sp³-hybridized carbons (Fsp3) is 0.455. The van der Waals surface area contributed by atoms with Crippen molar-refractivity contribution < 1.29 is 4.74 Å². The third-order valence-corrected chi connectivity index (χ3v) is 5.51. The molecule has 25 heavy (non-hydrogen) atoms. The van der Waals surface area contributed by atoms with Crippen LogP contribution in [0.5, 0.6) is 11.5 Å². The van der Waals surface area contributed by atoms with Gasteiger partial charge in [-0.3, -0.25) is 5.84 Å². The molecule has 136 valence electrons. The van der Waals surface area contributed by atoms with Crippen molar-refractivity contribution in [3.05, 3.63) is 53.6 Å². The van der Waals surface area contributed by atoms with E-state index >= 15 is 0 Å². The molecule has 0 saturated heterocycles. The van der Waals surface area contributed by atoms with E-state index in [0.717, 1.165) is 30.0 Å². The molecular weight excluding hydrogens is 308 g/mol. The molecule has 0 aliphatic carbocycles. The van der Waals surface area contributed by atoms with Gasteiger partial charge in [0.15, 0.2) is 0 Å². The average Bonchev–Trinajstić information content (AvgIpc) is 2.62. The summed E-state index contributed by atoms with van der Waals surface area (Å²) in [5.41, 5.74) is 6.33. The van der Waals surface area contributed by atoms with E-state index < -0.39 is 0 Å². The van der Waals surface area contributed by atoms with Crippen LogP contribution in [0.1, 0.15) is 65.5 Å². The third kappa shape index (κ3) is 4.35. The van der Waals surface area contributed by atoms with Crippen LogP contribution in [0.3, 0.4) is 0 Å². The van der Waals surface area contributed by atoms with Crippen LogP contribution in [0.2, 0.25) is 0 Å². The zero-order chi connectivity index (χ0) is 18.7. The quantitative estimate of drug-likeness (QED) is 0.470. The Labute approximate surface area is 152 Å². The maximum absolute atomic E-state index is 6.23. The van der Waals surface area contributed by atoms with Crippen molar-refractivity contribution in [1.82, 2.24) is 0 Å². The number of ether oxygens (including phenoxy) is 1. The molecule has 0 radical (unpaired) electrons. The van der Waals surface area contributed by atoms with Gasteiger partial charge in [0.05, 0.1) is 0 Å². The van der Waals surface area contributed by atoms with Crippen LogP contribution < -0.4 is 16.0 Å². The number of hydrazine groups is 1. The first-order valence-electron chi connectivity index (χ1n) is 9.13. The second kappa shape index (κ2) is 7.49. The van der Waals surface area contributed by atoms with E-state index in [1.165, 1.54) is 11.1 Å². The zero-order valence-electron chi connectivity index (χ0n) is 16.4. The van der Waals surface area contributed by atoms with Gasteiger partial charge in [-0.25, -0.2) is 0 Å². The summed E-state index contributed by atoms with van der Waals surface area (Å²) in [5, 5.41) is 0. The molecule has 0 heterocycles. The van der Waals surface area contributed by atoms with Crippen LogP contribution in [0.4, 0.5) is 5.69 Å². The molecule has 3 nitrogen and oxygen atoms in total. The van der Waals surface area contributed by atoms with Crippen molar-refractivity contribution in [2.24, 2.45) is 5.84 Å². The van der Waals surface area contributed by atoms with Crippen molar-refractivity contribution in [3.8, 4) is 11.5 Å². The Kier molecular flexibility index (Phi) is 5.79. The molecule has 2 aromatic rings. The zero-order valence-corrected chi connectivity index (χ0v) is 16.4.